The molecule has 0 unspecified atom stereocenters. The van der Waals surface area contributed by atoms with Crippen molar-refractivity contribution in [3.63, 3.8) is 0 Å². The van der Waals surface area contributed by atoms with Gasteiger partial charge in [0.2, 0.25) is 0 Å². The Hall–Kier alpha value is 0.730. The minimum absolute atomic E-state index is 0. The average Bonchev–Trinajstić information content (AvgIpc) is 1.97. The second-order valence-electron chi connectivity index (χ2n) is 2.91. The minimum atomic E-state index is 0. The number of nitrogens with two attached hydrogens (primary N) is 1. The summed E-state index contributed by atoms with van der Waals surface area (Å²) in [5, 5.41) is 0. The number of rotatable bonds is 7. The van der Waals surface area contributed by atoms with Gasteiger partial charge in [0.25, 0.3) is 0 Å². The molecule has 0 aliphatic carbocycles. The van der Waals surface area contributed by atoms with E-state index in [2.05, 4.69) is 6.92 Å². The van der Waals surface area contributed by atoms with Gasteiger partial charge >= 0.3 is 0 Å². The van der Waals surface area contributed by atoms with Crippen LogP contribution in [0.25, 0.3) is 0 Å². The van der Waals surface area contributed by atoms with E-state index in [4.69, 9.17) is 5.73 Å². The Bertz CT molecular complexity index is 54.5. The van der Waals surface area contributed by atoms with Crippen molar-refractivity contribution in [3.8, 4) is 0 Å². The van der Waals surface area contributed by atoms with Gasteiger partial charge in [-0.05, 0) is 13.0 Å². The van der Waals surface area contributed by atoms with Crippen molar-refractivity contribution in [3.05, 3.63) is 0 Å². The van der Waals surface area contributed by atoms with Gasteiger partial charge in [-0.1, -0.05) is 45.4 Å². The first-order chi connectivity index (χ1) is 4.91. The lowest BCUT2D eigenvalue weighted by Gasteiger charge is -1.97. The zero-order valence-corrected chi connectivity index (χ0v) is 10.6. The SMILES string of the molecule is Br.CCCCCCCCCN.Cl. The molecule has 0 atom stereocenters. The number of hydrogen-bond donors (Lipinski definition) is 1. The predicted molar refractivity (Wildman–Crippen MR) is 64.6 cm³/mol. The normalized spacial score (nSPS) is 8.50. The molecule has 0 aliphatic rings. The number of halogens is 2. The smallest absolute Gasteiger partial charge is 0.00773 e. The van der Waals surface area contributed by atoms with E-state index < -0.39 is 0 Å². The van der Waals surface area contributed by atoms with Crippen LogP contribution in [0.4, 0.5) is 0 Å². The fourth-order valence-corrected chi connectivity index (χ4v) is 1.10. The highest BCUT2D eigenvalue weighted by atomic mass is 79.9. The maximum Gasteiger partial charge on any atom is -0.00773 e. The molecule has 2 N–H and O–H groups in total. The lowest BCUT2D eigenvalue weighted by atomic mass is 10.1. The first-order valence-electron chi connectivity index (χ1n) is 4.62. The van der Waals surface area contributed by atoms with Crippen LogP contribution >= 0.6 is 29.4 Å². The van der Waals surface area contributed by atoms with Crippen LogP contribution in [0.2, 0.25) is 0 Å². The molecule has 0 spiro atoms. The lowest BCUT2D eigenvalue weighted by molar-refractivity contribution is 0.593. The summed E-state index contributed by atoms with van der Waals surface area (Å²) in [6.07, 6.45) is 9.51. The summed E-state index contributed by atoms with van der Waals surface area (Å²) >= 11 is 0. The molecule has 0 saturated heterocycles. The van der Waals surface area contributed by atoms with E-state index in [0.717, 1.165) is 6.54 Å². The molecule has 0 aromatic carbocycles. The van der Waals surface area contributed by atoms with Crippen molar-refractivity contribution in [1.29, 1.82) is 0 Å². The highest BCUT2D eigenvalue weighted by Gasteiger charge is 1.87. The highest BCUT2D eigenvalue weighted by molar-refractivity contribution is 8.93. The third-order valence-corrected chi connectivity index (χ3v) is 1.81. The molecule has 0 heterocycles. The summed E-state index contributed by atoms with van der Waals surface area (Å²) in [7, 11) is 0. The molecule has 0 aromatic rings. The lowest BCUT2D eigenvalue weighted by Crippen LogP contribution is -1.97. The van der Waals surface area contributed by atoms with Crippen LogP contribution in [-0.4, -0.2) is 6.54 Å². The van der Waals surface area contributed by atoms with Crippen LogP contribution in [0, 0.1) is 0 Å². The molecule has 0 fully saturated rings. The second-order valence-corrected chi connectivity index (χ2v) is 2.91. The summed E-state index contributed by atoms with van der Waals surface area (Å²) in [4.78, 5) is 0. The first-order valence-corrected chi connectivity index (χ1v) is 4.62. The molecule has 78 valence electrons. The zero-order valence-electron chi connectivity index (χ0n) is 8.05. The van der Waals surface area contributed by atoms with E-state index in [0.29, 0.717) is 0 Å². The van der Waals surface area contributed by atoms with Crippen LogP contribution in [0.5, 0.6) is 0 Å². The Labute approximate surface area is 93.7 Å². The van der Waals surface area contributed by atoms with E-state index in [1.54, 1.807) is 0 Å². The van der Waals surface area contributed by atoms with Crippen LogP contribution in [0.15, 0.2) is 0 Å². The van der Waals surface area contributed by atoms with Crippen LogP contribution in [0.1, 0.15) is 51.9 Å². The van der Waals surface area contributed by atoms with Crippen LogP contribution in [-0.2, 0) is 0 Å². The Morgan fingerprint density at radius 2 is 1.25 bits per heavy atom. The third kappa shape index (κ3) is 17.0. The molecule has 0 aromatic heterocycles. The van der Waals surface area contributed by atoms with E-state index in [1.165, 1.54) is 44.9 Å². The monoisotopic (exact) mass is 259 g/mol. The molecule has 3 heteroatoms. The Morgan fingerprint density at radius 1 is 0.833 bits per heavy atom. The van der Waals surface area contributed by atoms with Gasteiger partial charge in [-0.3, -0.25) is 0 Å². The Balaban J connectivity index is -0.000000405. The summed E-state index contributed by atoms with van der Waals surface area (Å²) in [5.41, 5.74) is 5.37. The molecule has 0 amide bonds. The Morgan fingerprint density at radius 3 is 1.67 bits per heavy atom. The van der Waals surface area contributed by atoms with Gasteiger partial charge in [0.05, 0.1) is 0 Å². The number of unbranched alkanes of at least 4 members (excludes halogenated alkanes) is 6. The molecule has 0 rings (SSSR count). The van der Waals surface area contributed by atoms with Gasteiger partial charge in [-0.15, -0.1) is 29.4 Å². The largest absolute Gasteiger partial charge is 0.330 e. The van der Waals surface area contributed by atoms with Crippen molar-refractivity contribution in [2.24, 2.45) is 5.73 Å². The first kappa shape index (κ1) is 18.5. The standard InChI is InChI=1S/C9H21N.BrH.ClH/c1-2-3-4-5-6-7-8-9-10;;/h2-10H2,1H3;2*1H. The summed E-state index contributed by atoms with van der Waals surface area (Å²) in [5.74, 6) is 0. The fourth-order valence-electron chi connectivity index (χ4n) is 1.10. The van der Waals surface area contributed by atoms with Crippen molar-refractivity contribution in [2.45, 2.75) is 51.9 Å². The molecular weight excluding hydrogens is 237 g/mol. The molecule has 0 radical (unpaired) electrons. The summed E-state index contributed by atoms with van der Waals surface area (Å²) < 4.78 is 0. The topological polar surface area (TPSA) is 26.0 Å². The van der Waals surface area contributed by atoms with Gasteiger partial charge in [0.1, 0.15) is 0 Å². The third-order valence-electron chi connectivity index (χ3n) is 1.81. The molecular formula is C9H23BrClN. The van der Waals surface area contributed by atoms with E-state index in [9.17, 15) is 0 Å². The van der Waals surface area contributed by atoms with Crippen LogP contribution in [0.3, 0.4) is 0 Å². The van der Waals surface area contributed by atoms with E-state index in [1.807, 2.05) is 0 Å². The fraction of sp³-hybridized carbons (Fsp3) is 1.00. The van der Waals surface area contributed by atoms with Crippen LogP contribution < -0.4 is 5.73 Å². The quantitative estimate of drug-likeness (QED) is 0.694. The van der Waals surface area contributed by atoms with E-state index >= 15 is 0 Å². The number of hydrogen-bond acceptors (Lipinski definition) is 1. The summed E-state index contributed by atoms with van der Waals surface area (Å²) in [6, 6.07) is 0. The molecule has 1 nitrogen and oxygen atoms in total. The molecule has 12 heavy (non-hydrogen) atoms. The second kappa shape index (κ2) is 17.7. The van der Waals surface area contributed by atoms with Gasteiger partial charge in [-0.2, -0.15) is 0 Å². The maximum absolute atomic E-state index is 5.37. The zero-order chi connectivity index (χ0) is 7.66. The predicted octanol–water partition coefficient (Wildman–Crippen LogP) is 3.70. The molecule has 0 saturated carbocycles. The van der Waals surface area contributed by atoms with Crippen molar-refractivity contribution in [1.82, 2.24) is 0 Å². The highest BCUT2D eigenvalue weighted by Crippen LogP contribution is 2.05. The van der Waals surface area contributed by atoms with Gasteiger partial charge in [0, 0.05) is 0 Å². The molecule has 0 aliphatic heterocycles. The van der Waals surface area contributed by atoms with Crippen molar-refractivity contribution >= 4 is 29.4 Å². The van der Waals surface area contributed by atoms with Crippen molar-refractivity contribution < 1.29 is 0 Å². The van der Waals surface area contributed by atoms with Gasteiger partial charge in [-0.25, -0.2) is 0 Å². The summed E-state index contributed by atoms with van der Waals surface area (Å²) in [6.45, 7) is 3.12. The maximum atomic E-state index is 5.37. The van der Waals surface area contributed by atoms with Gasteiger partial charge < -0.3 is 5.73 Å². The Kier molecular flexibility index (Phi) is 27.3. The molecule has 0 bridgehead atoms. The van der Waals surface area contributed by atoms with Gasteiger partial charge in [0.15, 0.2) is 0 Å². The average molecular weight is 261 g/mol. The minimum Gasteiger partial charge on any atom is -0.330 e. The van der Waals surface area contributed by atoms with Crippen molar-refractivity contribution in [2.75, 3.05) is 6.54 Å². The van der Waals surface area contributed by atoms with E-state index in [-0.39, 0.29) is 29.4 Å².